The molecule has 0 radical (unpaired) electrons. The lowest BCUT2D eigenvalue weighted by molar-refractivity contribution is 0.0531. The number of piperidine rings is 1. The summed E-state index contributed by atoms with van der Waals surface area (Å²) in [6.07, 6.45) is 2.08. The molecule has 90 valence electrons. The van der Waals surface area contributed by atoms with E-state index in [0.717, 1.165) is 38.2 Å². The maximum Gasteiger partial charge on any atom is 0.193 e. The summed E-state index contributed by atoms with van der Waals surface area (Å²) < 4.78 is 5.34. The fourth-order valence-electron chi connectivity index (χ4n) is 2.07. The van der Waals surface area contributed by atoms with Gasteiger partial charge in [-0.25, -0.2) is 0 Å². The van der Waals surface area contributed by atoms with E-state index in [2.05, 4.69) is 11.8 Å². The standard InChI is InChI=1S/C12H18ClNO2/c1-12(9-15)4-6-14(7-5-12)8-10-2-3-11(13)16-10/h2-3,15H,4-9H2,1H3. The highest BCUT2D eigenvalue weighted by Gasteiger charge is 2.29. The van der Waals surface area contributed by atoms with Crippen LogP contribution in [0.15, 0.2) is 16.5 Å². The number of hydrogen-bond acceptors (Lipinski definition) is 3. The molecule has 0 spiro atoms. The van der Waals surface area contributed by atoms with Gasteiger partial charge in [0.2, 0.25) is 0 Å². The van der Waals surface area contributed by atoms with Crippen molar-refractivity contribution in [3.05, 3.63) is 23.1 Å². The van der Waals surface area contributed by atoms with Gasteiger partial charge in [-0.1, -0.05) is 6.92 Å². The van der Waals surface area contributed by atoms with Gasteiger partial charge in [0.05, 0.1) is 6.54 Å². The third-order valence-electron chi connectivity index (χ3n) is 3.45. The lowest BCUT2D eigenvalue weighted by Gasteiger charge is -2.37. The molecule has 0 saturated carbocycles. The maximum absolute atomic E-state index is 9.28. The van der Waals surface area contributed by atoms with Gasteiger partial charge < -0.3 is 9.52 Å². The Morgan fingerprint density at radius 3 is 2.62 bits per heavy atom. The molecule has 0 unspecified atom stereocenters. The zero-order valence-electron chi connectivity index (χ0n) is 9.58. The predicted molar refractivity (Wildman–Crippen MR) is 63.4 cm³/mol. The molecule has 0 aliphatic carbocycles. The highest BCUT2D eigenvalue weighted by molar-refractivity contribution is 6.28. The van der Waals surface area contributed by atoms with Crippen LogP contribution in [0.4, 0.5) is 0 Å². The second-order valence-corrected chi connectivity index (χ2v) is 5.32. The van der Waals surface area contributed by atoms with Crippen LogP contribution in [0.25, 0.3) is 0 Å². The quantitative estimate of drug-likeness (QED) is 0.887. The molecular formula is C12H18ClNO2. The number of likely N-dealkylation sites (tertiary alicyclic amines) is 1. The first-order valence-electron chi connectivity index (χ1n) is 5.69. The van der Waals surface area contributed by atoms with Crippen molar-refractivity contribution in [1.29, 1.82) is 0 Å². The van der Waals surface area contributed by atoms with E-state index in [1.54, 1.807) is 6.07 Å². The minimum Gasteiger partial charge on any atom is -0.448 e. The summed E-state index contributed by atoms with van der Waals surface area (Å²) in [6, 6.07) is 3.70. The average molecular weight is 244 g/mol. The van der Waals surface area contributed by atoms with E-state index >= 15 is 0 Å². The first kappa shape index (κ1) is 12.0. The fourth-order valence-corrected chi connectivity index (χ4v) is 2.23. The highest BCUT2D eigenvalue weighted by Crippen LogP contribution is 2.30. The molecule has 1 aromatic heterocycles. The molecule has 1 aliphatic heterocycles. The van der Waals surface area contributed by atoms with E-state index < -0.39 is 0 Å². The Kier molecular flexibility index (Phi) is 3.57. The number of hydrogen-bond donors (Lipinski definition) is 1. The van der Waals surface area contributed by atoms with Crippen LogP contribution in [0.3, 0.4) is 0 Å². The summed E-state index contributed by atoms with van der Waals surface area (Å²) >= 11 is 5.73. The van der Waals surface area contributed by atoms with Crippen molar-refractivity contribution in [2.24, 2.45) is 5.41 Å². The zero-order valence-corrected chi connectivity index (χ0v) is 10.3. The molecule has 1 saturated heterocycles. The minimum absolute atomic E-state index is 0.108. The van der Waals surface area contributed by atoms with Gasteiger partial charge in [0.1, 0.15) is 5.76 Å². The average Bonchev–Trinajstić information content (AvgIpc) is 2.68. The van der Waals surface area contributed by atoms with Crippen molar-refractivity contribution < 1.29 is 9.52 Å². The molecule has 1 aromatic rings. The van der Waals surface area contributed by atoms with Crippen molar-refractivity contribution in [2.45, 2.75) is 26.3 Å². The van der Waals surface area contributed by atoms with E-state index in [-0.39, 0.29) is 12.0 Å². The molecule has 4 heteroatoms. The van der Waals surface area contributed by atoms with Crippen molar-refractivity contribution in [3.63, 3.8) is 0 Å². The van der Waals surface area contributed by atoms with Gasteiger partial charge in [0, 0.05) is 6.61 Å². The molecule has 2 rings (SSSR count). The van der Waals surface area contributed by atoms with Gasteiger partial charge in [-0.05, 0) is 55.1 Å². The molecule has 1 aliphatic rings. The molecule has 0 amide bonds. The Morgan fingerprint density at radius 1 is 1.44 bits per heavy atom. The predicted octanol–water partition coefficient (Wildman–Crippen LogP) is 2.53. The molecule has 0 atom stereocenters. The summed E-state index contributed by atoms with van der Waals surface area (Å²) in [5.41, 5.74) is 0.108. The van der Waals surface area contributed by atoms with E-state index in [0.29, 0.717) is 5.22 Å². The first-order chi connectivity index (χ1) is 7.61. The number of aliphatic hydroxyl groups is 1. The number of rotatable bonds is 3. The van der Waals surface area contributed by atoms with Crippen molar-refractivity contribution in [3.8, 4) is 0 Å². The van der Waals surface area contributed by atoms with Crippen LogP contribution in [-0.4, -0.2) is 29.7 Å². The summed E-state index contributed by atoms with van der Waals surface area (Å²) in [4.78, 5) is 2.34. The van der Waals surface area contributed by atoms with E-state index in [4.69, 9.17) is 16.0 Å². The van der Waals surface area contributed by atoms with Gasteiger partial charge in [-0.2, -0.15) is 0 Å². The smallest absolute Gasteiger partial charge is 0.193 e. The van der Waals surface area contributed by atoms with Gasteiger partial charge in [0.25, 0.3) is 0 Å². The summed E-state index contributed by atoms with van der Waals surface area (Å²) in [6.45, 7) is 5.26. The SMILES string of the molecule is CC1(CO)CCN(Cc2ccc(Cl)o2)CC1. The van der Waals surface area contributed by atoms with E-state index in [1.165, 1.54) is 0 Å². The second-order valence-electron chi connectivity index (χ2n) is 4.95. The monoisotopic (exact) mass is 243 g/mol. The van der Waals surface area contributed by atoms with Crippen LogP contribution >= 0.6 is 11.6 Å². The maximum atomic E-state index is 9.28. The van der Waals surface area contributed by atoms with Crippen molar-refractivity contribution in [1.82, 2.24) is 4.90 Å². The lowest BCUT2D eigenvalue weighted by Crippen LogP contribution is -2.39. The first-order valence-corrected chi connectivity index (χ1v) is 6.07. The fraction of sp³-hybridized carbons (Fsp3) is 0.667. The van der Waals surface area contributed by atoms with Crippen LogP contribution in [0, 0.1) is 5.41 Å². The Labute approximate surface area is 101 Å². The molecular weight excluding hydrogens is 226 g/mol. The summed E-state index contributed by atoms with van der Waals surface area (Å²) in [7, 11) is 0. The van der Waals surface area contributed by atoms with E-state index in [1.807, 2.05) is 6.07 Å². The summed E-state index contributed by atoms with van der Waals surface area (Å²) in [5.74, 6) is 0.914. The molecule has 16 heavy (non-hydrogen) atoms. The molecule has 1 fully saturated rings. The largest absolute Gasteiger partial charge is 0.448 e. The van der Waals surface area contributed by atoms with Crippen LogP contribution in [-0.2, 0) is 6.54 Å². The normalized spacial score (nSPS) is 21.2. The van der Waals surface area contributed by atoms with Gasteiger partial charge >= 0.3 is 0 Å². The van der Waals surface area contributed by atoms with Crippen LogP contribution in [0.5, 0.6) is 0 Å². The van der Waals surface area contributed by atoms with Gasteiger partial charge in [-0.15, -0.1) is 0 Å². The number of aliphatic hydroxyl groups excluding tert-OH is 1. The zero-order chi connectivity index (χ0) is 11.6. The van der Waals surface area contributed by atoms with Crippen LogP contribution in [0.1, 0.15) is 25.5 Å². The lowest BCUT2D eigenvalue weighted by atomic mass is 9.81. The number of halogens is 1. The number of nitrogens with zero attached hydrogens (tertiary/aromatic N) is 1. The van der Waals surface area contributed by atoms with E-state index in [9.17, 15) is 5.11 Å². The Balaban J connectivity index is 1.86. The summed E-state index contributed by atoms with van der Waals surface area (Å²) in [5, 5.41) is 9.73. The highest BCUT2D eigenvalue weighted by atomic mass is 35.5. The molecule has 3 nitrogen and oxygen atoms in total. The molecule has 0 aromatic carbocycles. The third kappa shape index (κ3) is 2.78. The minimum atomic E-state index is 0.108. The molecule has 1 N–H and O–H groups in total. The Morgan fingerprint density at radius 2 is 2.12 bits per heavy atom. The third-order valence-corrected chi connectivity index (χ3v) is 3.66. The van der Waals surface area contributed by atoms with Gasteiger partial charge in [0.15, 0.2) is 5.22 Å². The van der Waals surface area contributed by atoms with Crippen molar-refractivity contribution >= 4 is 11.6 Å². The van der Waals surface area contributed by atoms with Crippen LogP contribution < -0.4 is 0 Å². The Hall–Kier alpha value is -0.510. The van der Waals surface area contributed by atoms with Gasteiger partial charge in [-0.3, -0.25) is 4.90 Å². The Bertz CT molecular complexity index is 343. The second kappa shape index (κ2) is 4.78. The topological polar surface area (TPSA) is 36.6 Å². The molecule has 0 bridgehead atoms. The van der Waals surface area contributed by atoms with Crippen molar-refractivity contribution in [2.75, 3.05) is 19.7 Å². The van der Waals surface area contributed by atoms with Crippen LogP contribution in [0.2, 0.25) is 5.22 Å². The molecule has 2 heterocycles. The number of furan rings is 1.